The molecule has 4 heteroatoms. The monoisotopic (exact) mass is 272 g/mol. The van der Waals surface area contributed by atoms with Gasteiger partial charge in [0.05, 0.1) is 6.20 Å². The predicted molar refractivity (Wildman–Crippen MR) is 82.2 cm³/mol. The summed E-state index contributed by atoms with van der Waals surface area (Å²) < 4.78 is 2.00. The van der Waals surface area contributed by atoms with Crippen LogP contribution in [0.4, 0.5) is 0 Å². The average molecular weight is 272 g/mol. The van der Waals surface area contributed by atoms with Crippen LogP contribution in [0.25, 0.3) is 0 Å². The highest BCUT2D eigenvalue weighted by atomic mass is 15.3. The van der Waals surface area contributed by atoms with Crippen LogP contribution in [0.3, 0.4) is 0 Å². The highest BCUT2D eigenvalue weighted by molar-refractivity contribution is 5.15. The third-order valence-electron chi connectivity index (χ3n) is 3.28. The molecule has 2 N–H and O–H groups in total. The van der Waals surface area contributed by atoms with E-state index in [9.17, 15) is 0 Å². The van der Waals surface area contributed by atoms with Crippen molar-refractivity contribution in [1.82, 2.24) is 14.7 Å². The molecule has 1 aromatic heterocycles. The second-order valence-electron chi connectivity index (χ2n) is 5.41. The van der Waals surface area contributed by atoms with Gasteiger partial charge in [0.15, 0.2) is 0 Å². The van der Waals surface area contributed by atoms with Crippen LogP contribution in [0.15, 0.2) is 42.7 Å². The zero-order chi connectivity index (χ0) is 14.4. The van der Waals surface area contributed by atoms with Crippen molar-refractivity contribution in [1.29, 1.82) is 0 Å². The molecular weight excluding hydrogens is 248 g/mol. The largest absolute Gasteiger partial charge is 0.329 e. The van der Waals surface area contributed by atoms with E-state index in [2.05, 4.69) is 54.3 Å². The van der Waals surface area contributed by atoms with Crippen molar-refractivity contribution < 1.29 is 0 Å². The third kappa shape index (κ3) is 4.18. The number of aromatic nitrogens is 2. The van der Waals surface area contributed by atoms with Crippen molar-refractivity contribution in [3.05, 3.63) is 53.9 Å². The van der Waals surface area contributed by atoms with E-state index in [-0.39, 0.29) is 0 Å². The minimum Gasteiger partial charge on any atom is -0.329 e. The van der Waals surface area contributed by atoms with Gasteiger partial charge in [-0.2, -0.15) is 5.10 Å². The Morgan fingerprint density at radius 2 is 1.85 bits per heavy atom. The Balaban J connectivity index is 2.01. The first kappa shape index (κ1) is 14.8. The van der Waals surface area contributed by atoms with Gasteiger partial charge < -0.3 is 5.73 Å². The van der Waals surface area contributed by atoms with Crippen molar-refractivity contribution in [2.75, 3.05) is 13.1 Å². The summed E-state index contributed by atoms with van der Waals surface area (Å²) in [6, 6.07) is 10.9. The molecule has 2 aromatic rings. The second-order valence-corrected chi connectivity index (χ2v) is 5.41. The molecule has 0 saturated heterocycles. The van der Waals surface area contributed by atoms with Crippen LogP contribution in [0.2, 0.25) is 0 Å². The van der Waals surface area contributed by atoms with Crippen LogP contribution < -0.4 is 5.73 Å². The van der Waals surface area contributed by atoms with Crippen LogP contribution in [0.1, 0.15) is 31.0 Å². The molecule has 2 rings (SSSR count). The SMILES string of the molecule is CC(C)n1cc(CN(CCN)Cc2ccccc2)cn1. The first-order valence-electron chi connectivity index (χ1n) is 7.18. The summed E-state index contributed by atoms with van der Waals surface area (Å²) in [7, 11) is 0. The number of nitrogens with two attached hydrogens (primary N) is 1. The van der Waals surface area contributed by atoms with Crippen molar-refractivity contribution >= 4 is 0 Å². The standard InChI is InChI=1S/C16H24N4/c1-14(2)20-13-16(10-18-20)12-19(9-8-17)11-15-6-4-3-5-7-15/h3-7,10,13-14H,8-9,11-12,17H2,1-2H3. The molecule has 0 amide bonds. The number of hydrogen-bond acceptors (Lipinski definition) is 3. The molecule has 1 aromatic carbocycles. The summed E-state index contributed by atoms with van der Waals surface area (Å²) in [5.74, 6) is 0. The molecule has 0 saturated carbocycles. The van der Waals surface area contributed by atoms with E-state index in [1.807, 2.05) is 16.9 Å². The summed E-state index contributed by atoms with van der Waals surface area (Å²) in [6.45, 7) is 7.65. The Bertz CT molecular complexity index is 504. The maximum absolute atomic E-state index is 5.73. The molecule has 0 fully saturated rings. The highest BCUT2D eigenvalue weighted by Gasteiger charge is 2.08. The molecule has 0 unspecified atom stereocenters. The van der Waals surface area contributed by atoms with Gasteiger partial charge >= 0.3 is 0 Å². The minimum absolute atomic E-state index is 0.404. The predicted octanol–water partition coefficient (Wildman–Crippen LogP) is 2.42. The third-order valence-corrected chi connectivity index (χ3v) is 3.28. The fraction of sp³-hybridized carbons (Fsp3) is 0.438. The first-order valence-corrected chi connectivity index (χ1v) is 7.18. The lowest BCUT2D eigenvalue weighted by Gasteiger charge is -2.21. The van der Waals surface area contributed by atoms with E-state index >= 15 is 0 Å². The van der Waals surface area contributed by atoms with E-state index in [1.165, 1.54) is 11.1 Å². The first-order chi connectivity index (χ1) is 9.69. The highest BCUT2D eigenvalue weighted by Crippen LogP contribution is 2.11. The van der Waals surface area contributed by atoms with Gasteiger partial charge in [0.25, 0.3) is 0 Å². The lowest BCUT2D eigenvalue weighted by atomic mass is 10.2. The molecule has 108 valence electrons. The van der Waals surface area contributed by atoms with E-state index in [0.29, 0.717) is 12.6 Å². The smallest absolute Gasteiger partial charge is 0.0534 e. The van der Waals surface area contributed by atoms with Crippen LogP contribution in [0.5, 0.6) is 0 Å². The Morgan fingerprint density at radius 1 is 1.15 bits per heavy atom. The topological polar surface area (TPSA) is 47.1 Å². The Hall–Kier alpha value is -1.65. The zero-order valence-corrected chi connectivity index (χ0v) is 12.4. The molecule has 4 nitrogen and oxygen atoms in total. The van der Waals surface area contributed by atoms with Crippen molar-refractivity contribution in [3.8, 4) is 0 Å². The summed E-state index contributed by atoms with van der Waals surface area (Å²) in [6.07, 6.45) is 4.08. The number of hydrogen-bond donors (Lipinski definition) is 1. The molecule has 0 radical (unpaired) electrons. The van der Waals surface area contributed by atoms with Gasteiger partial charge in [0.2, 0.25) is 0 Å². The Kier molecular flexibility index (Phi) is 5.32. The molecule has 0 aliphatic heterocycles. The van der Waals surface area contributed by atoms with Gasteiger partial charge in [-0.05, 0) is 19.4 Å². The van der Waals surface area contributed by atoms with E-state index in [0.717, 1.165) is 19.6 Å². The molecule has 1 heterocycles. The quantitative estimate of drug-likeness (QED) is 0.842. The molecule has 0 atom stereocenters. The molecular formula is C16H24N4. The van der Waals surface area contributed by atoms with E-state index in [1.54, 1.807) is 0 Å². The average Bonchev–Trinajstić information content (AvgIpc) is 2.89. The lowest BCUT2D eigenvalue weighted by Crippen LogP contribution is -2.28. The summed E-state index contributed by atoms with van der Waals surface area (Å²) in [4.78, 5) is 2.36. The van der Waals surface area contributed by atoms with E-state index < -0.39 is 0 Å². The van der Waals surface area contributed by atoms with E-state index in [4.69, 9.17) is 5.73 Å². The van der Waals surface area contributed by atoms with Gasteiger partial charge in [-0.25, -0.2) is 0 Å². The second kappa shape index (κ2) is 7.22. The molecule has 0 spiro atoms. The summed E-state index contributed by atoms with van der Waals surface area (Å²) >= 11 is 0. The van der Waals surface area contributed by atoms with Crippen molar-refractivity contribution in [2.45, 2.75) is 33.0 Å². The fourth-order valence-electron chi connectivity index (χ4n) is 2.24. The van der Waals surface area contributed by atoms with Gasteiger partial charge in [-0.1, -0.05) is 30.3 Å². The Morgan fingerprint density at radius 3 is 2.45 bits per heavy atom. The molecule has 0 bridgehead atoms. The fourth-order valence-corrected chi connectivity index (χ4v) is 2.24. The van der Waals surface area contributed by atoms with Crippen LogP contribution >= 0.6 is 0 Å². The van der Waals surface area contributed by atoms with Crippen LogP contribution in [0, 0.1) is 0 Å². The van der Waals surface area contributed by atoms with Gasteiger partial charge in [0.1, 0.15) is 0 Å². The van der Waals surface area contributed by atoms with Crippen LogP contribution in [-0.4, -0.2) is 27.8 Å². The molecule has 0 aliphatic rings. The minimum atomic E-state index is 0.404. The number of benzene rings is 1. The van der Waals surface area contributed by atoms with Crippen LogP contribution in [-0.2, 0) is 13.1 Å². The summed E-state index contributed by atoms with van der Waals surface area (Å²) in [5, 5.41) is 4.39. The molecule has 0 aliphatic carbocycles. The molecule has 20 heavy (non-hydrogen) atoms. The van der Waals surface area contributed by atoms with Crippen molar-refractivity contribution in [3.63, 3.8) is 0 Å². The van der Waals surface area contributed by atoms with Gasteiger partial charge in [-0.3, -0.25) is 9.58 Å². The normalized spacial score (nSPS) is 11.4. The lowest BCUT2D eigenvalue weighted by molar-refractivity contribution is 0.264. The van der Waals surface area contributed by atoms with Gasteiger partial charge in [0, 0.05) is 44.0 Å². The zero-order valence-electron chi connectivity index (χ0n) is 12.4. The summed E-state index contributed by atoms with van der Waals surface area (Å²) in [5.41, 5.74) is 8.28. The number of rotatable bonds is 7. The Labute approximate surface area is 121 Å². The maximum Gasteiger partial charge on any atom is 0.0534 e. The van der Waals surface area contributed by atoms with Gasteiger partial charge in [-0.15, -0.1) is 0 Å². The van der Waals surface area contributed by atoms with Crippen molar-refractivity contribution in [2.24, 2.45) is 5.73 Å². The maximum atomic E-state index is 5.73. The number of nitrogens with zero attached hydrogens (tertiary/aromatic N) is 3.